The van der Waals surface area contributed by atoms with Crippen LogP contribution in [0.3, 0.4) is 0 Å². The standard InChI is InChI=1S/C58H65ClN2O9/c1-2-33-67-58-53(61(57(64)66-35-30-59)39-44-20-14-19-42-17-6-7-21-47(42)44)38-51(60-70-54-23-10-13-34-65-54)49-36-43(18-8-11-31-62)48(22-9-12-32-63)55(56(49)58)50-37-46(28-29-52(50)69-58)68-45-26-24-41(25-27-45)40-15-4-3-5-16-40/h2-7,14-17,19-21,24-29,36-37,43,48,53-56,62-63H,1,8-13,18,22-23,30-35,38-39H2. The molecule has 11 nitrogen and oxygen atoms in total. The average Bonchev–Trinajstić information content (AvgIpc) is 3.40. The van der Waals surface area contributed by atoms with Gasteiger partial charge in [0.15, 0.2) is 0 Å². The van der Waals surface area contributed by atoms with Crippen LogP contribution in [-0.2, 0) is 25.6 Å². The predicted octanol–water partition coefficient (Wildman–Crippen LogP) is 12.3. The first-order chi connectivity index (χ1) is 34.4. The minimum Gasteiger partial charge on any atom is -0.459 e. The van der Waals surface area contributed by atoms with Crippen LogP contribution in [0.5, 0.6) is 17.2 Å². The molecule has 1 amide bonds. The Labute approximate surface area is 416 Å². The van der Waals surface area contributed by atoms with Crippen molar-refractivity contribution in [3.8, 4) is 28.4 Å². The topological polar surface area (TPSA) is 129 Å². The van der Waals surface area contributed by atoms with E-state index in [2.05, 4.69) is 61.2 Å². The number of benzene rings is 5. The van der Waals surface area contributed by atoms with Crippen LogP contribution in [0, 0.1) is 17.8 Å². The number of rotatable bonds is 21. The number of unbranched alkanes of at least 4 members (excludes halogenated alkanes) is 2. The molecule has 2 heterocycles. The number of oxime groups is 1. The zero-order valence-electron chi connectivity index (χ0n) is 39.8. The number of carbonyl (C=O) groups is 1. The molecule has 1 saturated heterocycles. The lowest BCUT2D eigenvalue weighted by Crippen LogP contribution is -2.70. The summed E-state index contributed by atoms with van der Waals surface area (Å²) in [6, 6.07) is 37.8. The minimum atomic E-state index is -1.50. The number of allylic oxidation sites excluding steroid dienone is 1. The second kappa shape index (κ2) is 23.5. The van der Waals surface area contributed by atoms with Gasteiger partial charge in [-0.25, -0.2) is 4.79 Å². The largest absolute Gasteiger partial charge is 0.459 e. The van der Waals surface area contributed by atoms with Crippen LogP contribution < -0.4 is 9.47 Å². The molecule has 7 atom stereocenters. The van der Waals surface area contributed by atoms with Gasteiger partial charge in [-0.1, -0.05) is 115 Å². The van der Waals surface area contributed by atoms with Crippen molar-refractivity contribution in [2.45, 2.75) is 94.8 Å². The summed E-state index contributed by atoms with van der Waals surface area (Å²) in [6.45, 7) is 5.16. The van der Waals surface area contributed by atoms with Crippen molar-refractivity contribution < 1.29 is 43.5 Å². The van der Waals surface area contributed by atoms with Crippen molar-refractivity contribution in [2.24, 2.45) is 22.9 Å². The van der Waals surface area contributed by atoms with Crippen molar-refractivity contribution in [1.29, 1.82) is 0 Å². The third-order valence-electron chi connectivity index (χ3n) is 14.4. The van der Waals surface area contributed by atoms with E-state index < -0.39 is 30.1 Å². The summed E-state index contributed by atoms with van der Waals surface area (Å²) < 4.78 is 33.5. The fourth-order valence-corrected chi connectivity index (χ4v) is 11.3. The summed E-state index contributed by atoms with van der Waals surface area (Å²) in [6.07, 6.45) is 10.3. The van der Waals surface area contributed by atoms with Crippen molar-refractivity contribution >= 4 is 34.2 Å². The van der Waals surface area contributed by atoms with E-state index in [1.807, 2.05) is 66.7 Å². The molecule has 368 valence electrons. The highest BCUT2D eigenvalue weighted by atomic mass is 35.5. The van der Waals surface area contributed by atoms with E-state index in [1.54, 1.807) is 11.0 Å². The molecule has 4 aliphatic rings. The Morgan fingerprint density at radius 2 is 1.63 bits per heavy atom. The fourth-order valence-electron chi connectivity index (χ4n) is 11.2. The molecular weight excluding hydrogens is 904 g/mol. The predicted molar refractivity (Wildman–Crippen MR) is 273 cm³/mol. The number of nitrogens with zero attached hydrogens (tertiary/aromatic N) is 2. The maximum atomic E-state index is 14.9. The lowest BCUT2D eigenvalue weighted by Gasteiger charge is -2.60. The highest BCUT2D eigenvalue weighted by Crippen LogP contribution is 2.62. The molecule has 9 rings (SSSR count). The Bertz CT molecular complexity index is 2590. The van der Waals surface area contributed by atoms with Crippen LogP contribution in [0.1, 0.15) is 81.3 Å². The zero-order valence-corrected chi connectivity index (χ0v) is 40.6. The SMILES string of the molecule is C=CCOC12Oc3ccc(Oc4ccc(-c5ccccc5)cc4)cc3C3C(CCCCO)C(CCCCO)C=C(C(=NOC4CCCCO4)CC1N(Cc1cccc4ccccc14)C(=O)OCCCl)C32. The summed E-state index contributed by atoms with van der Waals surface area (Å²) in [5.74, 6) is -0.129. The molecule has 70 heavy (non-hydrogen) atoms. The lowest BCUT2D eigenvalue weighted by atomic mass is 9.55. The normalized spacial score (nSPS) is 24.2. The van der Waals surface area contributed by atoms with Gasteiger partial charge in [0, 0.05) is 37.5 Å². The van der Waals surface area contributed by atoms with Crippen molar-refractivity contribution in [3.05, 3.63) is 151 Å². The molecule has 2 aliphatic carbocycles. The van der Waals surface area contributed by atoms with Gasteiger partial charge in [0.05, 0.1) is 37.3 Å². The van der Waals surface area contributed by atoms with Crippen LogP contribution in [0.25, 0.3) is 21.9 Å². The van der Waals surface area contributed by atoms with Crippen LogP contribution in [0.4, 0.5) is 4.79 Å². The number of carbonyl (C=O) groups excluding carboxylic acids is 1. The number of aliphatic hydroxyl groups excluding tert-OH is 2. The molecule has 5 aromatic rings. The lowest BCUT2D eigenvalue weighted by molar-refractivity contribution is -0.256. The first-order valence-electron chi connectivity index (χ1n) is 25.1. The van der Waals surface area contributed by atoms with Gasteiger partial charge in [-0.05, 0) is 114 Å². The molecule has 2 aliphatic heterocycles. The molecule has 2 N–H and O–H groups in total. The molecule has 0 radical (unpaired) electrons. The van der Waals surface area contributed by atoms with Crippen molar-refractivity contribution in [3.63, 3.8) is 0 Å². The molecule has 1 saturated carbocycles. The molecule has 7 unspecified atom stereocenters. The van der Waals surface area contributed by atoms with Gasteiger partial charge in [0.25, 0.3) is 0 Å². The van der Waals surface area contributed by atoms with Crippen LogP contribution in [0.2, 0.25) is 0 Å². The Balaban J connectivity index is 1.22. The number of ether oxygens (including phenoxy) is 5. The maximum Gasteiger partial charge on any atom is 0.410 e. The molecule has 0 bridgehead atoms. The quantitative estimate of drug-likeness (QED) is 0.0320. The smallest absolute Gasteiger partial charge is 0.410 e. The van der Waals surface area contributed by atoms with E-state index in [-0.39, 0.29) is 63.0 Å². The molecule has 0 spiro atoms. The molecule has 12 heteroatoms. The van der Waals surface area contributed by atoms with Gasteiger partial charge >= 0.3 is 6.09 Å². The number of fused-ring (bicyclic) bond motifs is 3. The highest BCUT2D eigenvalue weighted by molar-refractivity contribution is 6.18. The first kappa shape index (κ1) is 49.3. The second-order valence-corrected chi connectivity index (χ2v) is 19.1. The number of hydrogen-bond acceptors (Lipinski definition) is 10. The third-order valence-corrected chi connectivity index (χ3v) is 14.5. The van der Waals surface area contributed by atoms with Crippen LogP contribution >= 0.6 is 11.6 Å². The molecule has 0 aromatic heterocycles. The Kier molecular flexibility index (Phi) is 16.5. The van der Waals surface area contributed by atoms with Gasteiger partial charge in [0.1, 0.15) is 29.9 Å². The van der Waals surface area contributed by atoms with E-state index in [4.69, 9.17) is 45.3 Å². The van der Waals surface area contributed by atoms with E-state index in [0.717, 1.165) is 77.1 Å². The molecule has 2 fully saturated rings. The van der Waals surface area contributed by atoms with Gasteiger partial charge in [-0.15, -0.1) is 18.2 Å². The van der Waals surface area contributed by atoms with Gasteiger partial charge in [-0.3, -0.25) is 4.90 Å². The Morgan fingerprint density at radius 1 is 0.871 bits per heavy atom. The van der Waals surface area contributed by atoms with Gasteiger partial charge in [0.2, 0.25) is 12.1 Å². The number of alkyl halides is 1. The maximum absolute atomic E-state index is 14.9. The van der Waals surface area contributed by atoms with Gasteiger partial charge < -0.3 is 38.7 Å². The zero-order chi connectivity index (χ0) is 48.3. The second-order valence-electron chi connectivity index (χ2n) is 18.7. The fraction of sp³-hybridized carbons (Fsp3) is 0.414. The number of hydrogen-bond donors (Lipinski definition) is 2. The Morgan fingerprint density at radius 3 is 2.40 bits per heavy atom. The number of amides is 1. The minimum absolute atomic E-state index is 0.00381. The van der Waals surface area contributed by atoms with Crippen LogP contribution in [0.15, 0.2) is 145 Å². The number of aliphatic hydroxyl groups is 2. The monoisotopic (exact) mass is 968 g/mol. The summed E-state index contributed by atoms with van der Waals surface area (Å²) in [4.78, 5) is 23.0. The summed E-state index contributed by atoms with van der Waals surface area (Å²) in [7, 11) is 0. The first-order valence-corrected chi connectivity index (χ1v) is 25.6. The summed E-state index contributed by atoms with van der Waals surface area (Å²) in [5.41, 5.74) is 5.70. The summed E-state index contributed by atoms with van der Waals surface area (Å²) >= 11 is 6.21. The molecule has 5 aromatic carbocycles. The number of halogens is 1. The van der Waals surface area contributed by atoms with E-state index >= 15 is 0 Å². The van der Waals surface area contributed by atoms with E-state index in [9.17, 15) is 15.0 Å². The third kappa shape index (κ3) is 10.8. The average molecular weight is 970 g/mol. The van der Waals surface area contributed by atoms with Crippen molar-refractivity contribution in [1.82, 2.24) is 4.90 Å². The summed E-state index contributed by atoms with van der Waals surface area (Å²) in [5, 5.41) is 27.2. The van der Waals surface area contributed by atoms with Crippen LogP contribution in [-0.4, -0.2) is 84.0 Å². The molecular formula is C58H65ClN2O9. The van der Waals surface area contributed by atoms with E-state index in [1.165, 1.54) is 0 Å². The van der Waals surface area contributed by atoms with E-state index in [0.29, 0.717) is 48.8 Å². The van der Waals surface area contributed by atoms with Gasteiger partial charge in [-0.2, -0.15) is 0 Å². The highest BCUT2D eigenvalue weighted by Gasteiger charge is 2.66. The Hall–Kier alpha value is -5.69. The van der Waals surface area contributed by atoms with Crippen molar-refractivity contribution in [2.75, 3.05) is 38.9 Å².